The van der Waals surface area contributed by atoms with Crippen molar-refractivity contribution in [2.75, 3.05) is 24.5 Å². The molecule has 0 saturated heterocycles. The molecule has 0 amide bonds. The molecule has 1 aromatic carbocycles. The maximum absolute atomic E-state index is 10.8. The van der Waals surface area contributed by atoms with Gasteiger partial charge in [-0.2, -0.15) is 0 Å². The molecule has 0 fully saturated rings. The van der Waals surface area contributed by atoms with E-state index in [-0.39, 0.29) is 11.2 Å². The molecule has 0 saturated carbocycles. The first-order chi connectivity index (χ1) is 8.38. The maximum Gasteiger partial charge on any atom is 0.273 e. The molecule has 0 aliphatic carbocycles. The summed E-state index contributed by atoms with van der Waals surface area (Å²) in [5.41, 5.74) is 3.12. The van der Waals surface area contributed by atoms with Gasteiger partial charge in [-0.3, -0.25) is 16.0 Å². The van der Waals surface area contributed by atoms with Crippen molar-refractivity contribution in [2.24, 2.45) is 5.84 Å². The van der Waals surface area contributed by atoms with Gasteiger partial charge in [0.2, 0.25) is 0 Å². The summed E-state index contributed by atoms with van der Waals surface area (Å²) < 4.78 is 5.08. The number of ether oxygens (including phenoxy) is 1. The highest BCUT2D eigenvalue weighted by Crippen LogP contribution is 2.26. The molecule has 0 aliphatic rings. The Morgan fingerprint density at radius 3 is 2.50 bits per heavy atom. The van der Waals surface area contributed by atoms with E-state index in [2.05, 4.69) is 10.7 Å². The zero-order valence-electron chi connectivity index (χ0n) is 10.7. The van der Waals surface area contributed by atoms with Gasteiger partial charge in [-0.1, -0.05) is 0 Å². The highest BCUT2D eigenvalue weighted by Gasteiger charge is 2.19. The number of hydrogen-bond donors (Lipinski definition) is 3. The number of methoxy groups -OCH3 is 1. The number of nitrogens with two attached hydrogens (primary N) is 1. The van der Waals surface area contributed by atoms with Crippen LogP contribution in [0.4, 0.5) is 17.1 Å². The molecule has 100 valence electrons. The van der Waals surface area contributed by atoms with Crippen molar-refractivity contribution >= 4 is 17.1 Å². The number of nitrogens with zero attached hydrogens (tertiary/aromatic N) is 1. The van der Waals surface area contributed by atoms with Crippen LogP contribution in [-0.2, 0) is 4.74 Å². The maximum atomic E-state index is 10.8. The van der Waals surface area contributed by atoms with Crippen molar-refractivity contribution in [1.82, 2.24) is 0 Å². The monoisotopic (exact) mass is 254 g/mol. The van der Waals surface area contributed by atoms with E-state index in [1.54, 1.807) is 13.2 Å². The number of hydrazine groups is 1. The fraction of sp³-hybridized carbons (Fsp3) is 0.455. The van der Waals surface area contributed by atoms with Crippen LogP contribution in [0.3, 0.4) is 0 Å². The molecule has 7 heteroatoms. The standard InChI is InChI=1S/C11H18N4O3/c1-11(2,7-18-3)13-8-4-9(14-12)6-10(5-8)15(16)17/h4-6,13-14H,7,12H2,1-3H3. The minimum Gasteiger partial charge on any atom is -0.382 e. The van der Waals surface area contributed by atoms with Crippen molar-refractivity contribution in [3.63, 3.8) is 0 Å². The van der Waals surface area contributed by atoms with E-state index in [4.69, 9.17) is 10.6 Å². The van der Waals surface area contributed by atoms with Gasteiger partial charge in [-0.25, -0.2) is 0 Å². The molecular formula is C11H18N4O3. The summed E-state index contributed by atoms with van der Waals surface area (Å²) in [6.07, 6.45) is 0. The van der Waals surface area contributed by atoms with Crippen molar-refractivity contribution in [1.29, 1.82) is 0 Å². The molecule has 0 aromatic heterocycles. The second-order valence-corrected chi connectivity index (χ2v) is 4.61. The summed E-state index contributed by atoms with van der Waals surface area (Å²) in [4.78, 5) is 10.3. The van der Waals surface area contributed by atoms with Gasteiger partial charge in [0.15, 0.2) is 0 Å². The van der Waals surface area contributed by atoms with Crippen LogP contribution < -0.4 is 16.6 Å². The van der Waals surface area contributed by atoms with Crippen molar-refractivity contribution < 1.29 is 9.66 Å². The van der Waals surface area contributed by atoms with Gasteiger partial charge in [-0.05, 0) is 19.9 Å². The van der Waals surface area contributed by atoms with Crippen molar-refractivity contribution in [3.8, 4) is 0 Å². The van der Waals surface area contributed by atoms with Crippen LogP contribution >= 0.6 is 0 Å². The fourth-order valence-corrected chi connectivity index (χ4v) is 1.66. The number of hydrogen-bond acceptors (Lipinski definition) is 6. The van der Waals surface area contributed by atoms with E-state index in [9.17, 15) is 10.1 Å². The Hall–Kier alpha value is -1.86. The molecule has 0 aliphatic heterocycles. The van der Waals surface area contributed by atoms with Gasteiger partial charge < -0.3 is 15.5 Å². The predicted molar refractivity (Wildman–Crippen MR) is 70.5 cm³/mol. The van der Waals surface area contributed by atoms with E-state index >= 15 is 0 Å². The second kappa shape index (κ2) is 5.65. The quantitative estimate of drug-likeness (QED) is 0.406. The van der Waals surface area contributed by atoms with Gasteiger partial charge >= 0.3 is 0 Å². The molecule has 1 rings (SSSR count). The van der Waals surface area contributed by atoms with Gasteiger partial charge in [0.1, 0.15) is 0 Å². The van der Waals surface area contributed by atoms with Gasteiger partial charge in [-0.15, -0.1) is 0 Å². The summed E-state index contributed by atoms with van der Waals surface area (Å²) in [7, 11) is 1.60. The van der Waals surface area contributed by atoms with Crippen LogP contribution in [0.25, 0.3) is 0 Å². The lowest BCUT2D eigenvalue weighted by molar-refractivity contribution is -0.384. The lowest BCUT2D eigenvalue weighted by Gasteiger charge is -2.26. The second-order valence-electron chi connectivity index (χ2n) is 4.61. The first-order valence-corrected chi connectivity index (χ1v) is 5.41. The Balaban J connectivity index is 3.01. The molecule has 7 nitrogen and oxygen atoms in total. The molecule has 0 radical (unpaired) electrons. The third-order valence-corrected chi connectivity index (χ3v) is 2.28. The third kappa shape index (κ3) is 3.86. The van der Waals surface area contributed by atoms with Crippen LogP contribution in [-0.4, -0.2) is 24.2 Å². The molecule has 0 bridgehead atoms. The summed E-state index contributed by atoms with van der Waals surface area (Å²) in [6, 6.07) is 4.52. The molecule has 0 heterocycles. The minimum absolute atomic E-state index is 0.0267. The van der Waals surface area contributed by atoms with Gasteiger partial charge in [0, 0.05) is 24.9 Å². The van der Waals surface area contributed by atoms with E-state index < -0.39 is 4.92 Å². The Morgan fingerprint density at radius 1 is 1.39 bits per heavy atom. The Labute approximate surface area is 105 Å². The van der Waals surface area contributed by atoms with Gasteiger partial charge in [0.05, 0.1) is 22.8 Å². The molecule has 18 heavy (non-hydrogen) atoms. The normalized spacial score (nSPS) is 11.1. The summed E-state index contributed by atoms with van der Waals surface area (Å²) in [6.45, 7) is 4.34. The highest BCUT2D eigenvalue weighted by atomic mass is 16.6. The highest BCUT2D eigenvalue weighted by molar-refractivity contribution is 5.63. The van der Waals surface area contributed by atoms with E-state index in [1.807, 2.05) is 13.8 Å². The molecule has 0 atom stereocenters. The average molecular weight is 254 g/mol. The first-order valence-electron chi connectivity index (χ1n) is 5.41. The predicted octanol–water partition coefficient (Wildman–Crippen LogP) is 1.72. The molecular weight excluding hydrogens is 236 g/mol. The topological polar surface area (TPSA) is 102 Å². The van der Waals surface area contributed by atoms with Crippen LogP contribution in [0.2, 0.25) is 0 Å². The molecule has 1 aromatic rings. The largest absolute Gasteiger partial charge is 0.382 e. The SMILES string of the molecule is COCC(C)(C)Nc1cc(NN)cc([N+](=O)[O-])c1. The number of benzene rings is 1. The first kappa shape index (κ1) is 14.2. The number of nitro benzene ring substituents is 1. The molecule has 0 unspecified atom stereocenters. The van der Waals surface area contributed by atoms with Crippen molar-refractivity contribution in [3.05, 3.63) is 28.3 Å². The summed E-state index contributed by atoms with van der Waals surface area (Å²) in [5.74, 6) is 5.29. The number of nitrogen functional groups attached to an aromatic ring is 1. The van der Waals surface area contributed by atoms with Crippen LogP contribution in [0, 0.1) is 10.1 Å². The Bertz CT molecular complexity index is 434. The summed E-state index contributed by atoms with van der Waals surface area (Å²) >= 11 is 0. The number of non-ortho nitro benzene ring substituents is 1. The molecule has 4 N–H and O–H groups in total. The van der Waals surface area contributed by atoms with Crippen LogP contribution in [0.1, 0.15) is 13.8 Å². The van der Waals surface area contributed by atoms with Gasteiger partial charge in [0.25, 0.3) is 5.69 Å². The number of nitro groups is 1. The zero-order valence-corrected chi connectivity index (χ0v) is 10.7. The van der Waals surface area contributed by atoms with E-state index in [0.29, 0.717) is 18.0 Å². The number of nitrogens with one attached hydrogen (secondary N) is 2. The Kier molecular flexibility index (Phi) is 4.46. The molecule has 0 spiro atoms. The zero-order chi connectivity index (χ0) is 13.8. The van der Waals surface area contributed by atoms with E-state index in [0.717, 1.165) is 0 Å². The number of anilines is 2. The summed E-state index contributed by atoms with van der Waals surface area (Å²) in [5, 5.41) is 14.0. The fourth-order valence-electron chi connectivity index (χ4n) is 1.66. The lowest BCUT2D eigenvalue weighted by Crippen LogP contribution is -2.35. The smallest absolute Gasteiger partial charge is 0.273 e. The number of rotatable bonds is 6. The van der Waals surface area contributed by atoms with Crippen LogP contribution in [0.5, 0.6) is 0 Å². The van der Waals surface area contributed by atoms with E-state index in [1.165, 1.54) is 12.1 Å². The Morgan fingerprint density at radius 2 is 2.00 bits per heavy atom. The van der Waals surface area contributed by atoms with Crippen LogP contribution in [0.15, 0.2) is 18.2 Å². The van der Waals surface area contributed by atoms with Crippen molar-refractivity contribution in [2.45, 2.75) is 19.4 Å². The third-order valence-electron chi connectivity index (χ3n) is 2.28. The lowest BCUT2D eigenvalue weighted by atomic mass is 10.1. The average Bonchev–Trinajstić information content (AvgIpc) is 2.27. The minimum atomic E-state index is -0.463.